The Morgan fingerprint density at radius 3 is 2.37 bits per heavy atom. The van der Waals surface area contributed by atoms with Crippen LogP contribution in [0.2, 0.25) is 0 Å². The van der Waals surface area contributed by atoms with E-state index in [1.165, 1.54) is 23.9 Å². The zero-order valence-electron chi connectivity index (χ0n) is 23.9. The Hall–Kier alpha value is -3.81. The topological polar surface area (TPSA) is 194 Å². The number of hydrogen-bond donors (Lipinski definition) is 6. The lowest BCUT2D eigenvalue weighted by molar-refractivity contribution is -0.153. The second-order valence-corrected chi connectivity index (χ2v) is 12.5. The van der Waals surface area contributed by atoms with E-state index >= 15 is 4.39 Å². The Labute approximate surface area is 246 Å². The molecule has 0 radical (unpaired) electrons. The maximum atomic E-state index is 16.1. The van der Waals surface area contributed by atoms with Crippen molar-refractivity contribution in [1.29, 1.82) is 0 Å². The van der Waals surface area contributed by atoms with Gasteiger partial charge < -0.3 is 36.4 Å². The Bertz CT molecular complexity index is 1540. The van der Waals surface area contributed by atoms with Crippen LogP contribution < -0.4 is 11.1 Å². The van der Waals surface area contributed by atoms with Gasteiger partial charge in [0.25, 0.3) is 5.91 Å². The predicted molar refractivity (Wildman–Crippen MR) is 149 cm³/mol. The molecular formula is C30H35FN4O8. The molecule has 5 aliphatic rings. The van der Waals surface area contributed by atoms with Crippen molar-refractivity contribution in [3.63, 3.8) is 0 Å². The van der Waals surface area contributed by atoms with Gasteiger partial charge in [0.1, 0.15) is 28.7 Å². The van der Waals surface area contributed by atoms with Gasteiger partial charge >= 0.3 is 0 Å². The standard InChI is InChI=1S/C30H35FN4O8/c1-34(2)23-17-8-12-7-14-20(25(38)19(12)27(40)30(17,43)28(41)21(26(23)39)29(32)42)24(37)16-11-35(10-15(16)22(14)31)18(36)9-33-13-5-3-4-6-13/h12-13,17,23,33,37-38,41,43H,3-11H2,1-2H3,(H2,32,42)/t12?,17-,23-,30-/m0/s1. The molecular weight excluding hydrogens is 563 g/mol. The summed E-state index contributed by atoms with van der Waals surface area (Å²) in [4.78, 5) is 55.1. The number of phenols is 1. The maximum absolute atomic E-state index is 16.1. The monoisotopic (exact) mass is 598 g/mol. The molecule has 0 aromatic heterocycles. The molecule has 2 fully saturated rings. The molecule has 0 spiro atoms. The second-order valence-electron chi connectivity index (χ2n) is 12.5. The largest absolute Gasteiger partial charge is 0.508 e. The first kappa shape index (κ1) is 29.3. The van der Waals surface area contributed by atoms with Gasteiger partial charge in [-0.25, -0.2) is 4.39 Å². The number of fused-ring (bicyclic) bond motifs is 4. The Morgan fingerprint density at radius 1 is 1.09 bits per heavy atom. The molecule has 13 heteroatoms. The van der Waals surface area contributed by atoms with E-state index in [2.05, 4.69) is 5.32 Å². The van der Waals surface area contributed by atoms with E-state index in [4.69, 9.17) is 5.73 Å². The van der Waals surface area contributed by atoms with Crippen LogP contribution in [0.3, 0.4) is 0 Å². The van der Waals surface area contributed by atoms with Gasteiger partial charge in [-0.1, -0.05) is 12.8 Å². The minimum absolute atomic E-state index is 0.0414. The molecule has 7 N–H and O–H groups in total. The number of benzene rings is 1. The third kappa shape index (κ3) is 4.12. The number of aliphatic hydroxyl groups is 3. The molecule has 1 aliphatic heterocycles. The number of aromatic hydroxyl groups is 1. The van der Waals surface area contributed by atoms with Crippen molar-refractivity contribution in [2.75, 3.05) is 20.6 Å². The number of rotatable bonds is 5. The number of hydrogen-bond acceptors (Lipinski definition) is 10. The fraction of sp³-hybridized carbons (Fsp3) is 0.533. The molecule has 0 bridgehead atoms. The number of nitrogens with two attached hydrogens (primary N) is 1. The molecule has 12 nitrogen and oxygen atoms in total. The fourth-order valence-electron chi connectivity index (χ4n) is 7.86. The molecule has 1 aromatic carbocycles. The van der Waals surface area contributed by atoms with Gasteiger partial charge in [-0.15, -0.1) is 0 Å². The van der Waals surface area contributed by atoms with Crippen LogP contribution in [-0.4, -0.2) is 91.9 Å². The van der Waals surface area contributed by atoms with E-state index < -0.39 is 69.6 Å². The van der Waals surface area contributed by atoms with Crippen molar-refractivity contribution < 1.29 is 44.0 Å². The number of ketones is 2. The van der Waals surface area contributed by atoms with Crippen molar-refractivity contribution in [2.24, 2.45) is 17.6 Å². The average molecular weight is 599 g/mol. The number of phenolic OH excluding ortho intramolecular Hbond substituents is 1. The third-order valence-corrected chi connectivity index (χ3v) is 9.98. The van der Waals surface area contributed by atoms with Gasteiger partial charge in [-0.05, 0) is 45.7 Å². The van der Waals surface area contributed by atoms with Crippen LogP contribution in [0, 0.1) is 17.7 Å². The van der Waals surface area contributed by atoms with Gasteiger partial charge in [-0.3, -0.25) is 24.1 Å². The van der Waals surface area contributed by atoms with E-state index in [0.29, 0.717) is 0 Å². The van der Waals surface area contributed by atoms with E-state index in [-0.39, 0.29) is 72.3 Å². The van der Waals surface area contributed by atoms with E-state index in [9.17, 15) is 39.6 Å². The first-order valence-corrected chi connectivity index (χ1v) is 14.5. The molecule has 1 aromatic rings. The van der Waals surface area contributed by atoms with Crippen molar-refractivity contribution in [1.82, 2.24) is 15.1 Å². The van der Waals surface area contributed by atoms with Crippen molar-refractivity contribution >= 4 is 29.1 Å². The van der Waals surface area contributed by atoms with Crippen LogP contribution in [-0.2, 0) is 38.7 Å². The summed E-state index contributed by atoms with van der Waals surface area (Å²) in [6.45, 7) is -0.0917. The number of carbonyl (C=O) groups is 4. The molecule has 1 unspecified atom stereocenters. The number of carbonyl (C=O) groups excluding carboxylic acids is 4. The van der Waals surface area contributed by atoms with Crippen molar-refractivity contribution in [3.8, 4) is 5.75 Å². The fourth-order valence-corrected chi connectivity index (χ4v) is 7.86. The molecule has 1 heterocycles. The van der Waals surface area contributed by atoms with E-state index in [1.807, 2.05) is 0 Å². The zero-order chi connectivity index (χ0) is 31.1. The van der Waals surface area contributed by atoms with Gasteiger partial charge in [0.05, 0.1) is 24.7 Å². The molecule has 0 saturated heterocycles. The number of halogens is 1. The van der Waals surface area contributed by atoms with Crippen LogP contribution in [0.1, 0.15) is 54.4 Å². The smallest absolute Gasteiger partial charge is 0.255 e. The highest BCUT2D eigenvalue weighted by Crippen LogP contribution is 2.54. The van der Waals surface area contributed by atoms with E-state index in [0.717, 1.165) is 25.7 Å². The number of nitrogens with one attached hydrogen (secondary N) is 1. The van der Waals surface area contributed by atoms with Crippen molar-refractivity contribution in [2.45, 2.75) is 69.3 Å². The second kappa shape index (κ2) is 10.1. The van der Waals surface area contributed by atoms with Crippen LogP contribution in [0.5, 0.6) is 5.75 Å². The Kier molecular flexibility index (Phi) is 6.90. The number of amides is 2. The summed E-state index contributed by atoms with van der Waals surface area (Å²) < 4.78 is 16.1. The summed E-state index contributed by atoms with van der Waals surface area (Å²) in [6, 6.07) is -0.974. The highest BCUT2D eigenvalue weighted by Gasteiger charge is 2.64. The number of nitrogens with zero attached hydrogens (tertiary/aromatic N) is 2. The lowest BCUT2D eigenvalue weighted by Crippen LogP contribution is -2.65. The van der Waals surface area contributed by atoms with Gasteiger partial charge in [0.2, 0.25) is 11.7 Å². The van der Waals surface area contributed by atoms with Gasteiger partial charge in [-0.2, -0.15) is 0 Å². The summed E-state index contributed by atoms with van der Waals surface area (Å²) in [6.07, 6.45) is 3.88. The molecule has 230 valence electrons. The number of Topliss-reactive ketones (excluding diaryl/α,β-unsaturated/α-hetero) is 2. The molecule has 6 rings (SSSR count). The normalized spacial score (nSPS) is 28.8. The molecule has 2 saturated carbocycles. The Morgan fingerprint density at radius 2 is 1.74 bits per heavy atom. The van der Waals surface area contributed by atoms with Gasteiger partial charge in [0.15, 0.2) is 11.4 Å². The lowest BCUT2D eigenvalue weighted by atomic mass is 9.57. The highest BCUT2D eigenvalue weighted by molar-refractivity contribution is 6.24. The van der Waals surface area contributed by atoms with Crippen LogP contribution in [0.15, 0.2) is 16.9 Å². The summed E-state index contributed by atoms with van der Waals surface area (Å²) in [5.41, 5.74) is 1.21. The zero-order valence-corrected chi connectivity index (χ0v) is 23.9. The first-order chi connectivity index (χ1) is 20.3. The summed E-state index contributed by atoms with van der Waals surface area (Å²) in [5.74, 6) is -8.87. The number of primary amides is 1. The number of aliphatic hydroxyl groups excluding tert-OH is 2. The van der Waals surface area contributed by atoms with Crippen LogP contribution in [0.4, 0.5) is 4.39 Å². The SMILES string of the molecule is CN(C)[C@@H]1C(=O)C(C(N)=O)=C(O)[C@@]2(O)C(=O)C3=C(O)c4c(O)c5c(c(F)c4CC3C[C@@H]12)CN(C(=O)CNC1CCCC1)C5. The van der Waals surface area contributed by atoms with Crippen LogP contribution >= 0.6 is 0 Å². The molecule has 4 aliphatic carbocycles. The minimum Gasteiger partial charge on any atom is -0.508 e. The molecule has 43 heavy (non-hydrogen) atoms. The summed E-state index contributed by atoms with van der Waals surface area (Å²) in [5, 5.41) is 48.6. The highest BCUT2D eigenvalue weighted by atomic mass is 19.1. The first-order valence-electron chi connectivity index (χ1n) is 14.5. The quantitative estimate of drug-likeness (QED) is 0.260. The maximum Gasteiger partial charge on any atom is 0.255 e. The Balaban J connectivity index is 1.39. The summed E-state index contributed by atoms with van der Waals surface area (Å²) >= 11 is 0. The van der Waals surface area contributed by atoms with Crippen molar-refractivity contribution in [3.05, 3.63) is 45.0 Å². The van der Waals surface area contributed by atoms with E-state index in [1.54, 1.807) is 0 Å². The van der Waals surface area contributed by atoms with Crippen LogP contribution in [0.25, 0.3) is 5.76 Å². The number of likely N-dealkylation sites (N-methyl/N-ethyl adjacent to an activating group) is 1. The molecule has 4 atom stereocenters. The van der Waals surface area contributed by atoms with Gasteiger partial charge in [0, 0.05) is 40.8 Å². The third-order valence-electron chi connectivity index (χ3n) is 9.98. The molecule has 2 amide bonds. The average Bonchev–Trinajstić information content (AvgIpc) is 3.63. The minimum atomic E-state index is -2.77. The predicted octanol–water partition coefficient (Wildman–Crippen LogP) is 0.478. The lowest BCUT2D eigenvalue weighted by Gasteiger charge is -2.50. The summed E-state index contributed by atoms with van der Waals surface area (Å²) in [7, 11) is 3.01.